The first-order chi connectivity index (χ1) is 33.6. The van der Waals surface area contributed by atoms with Crippen molar-refractivity contribution in [3.8, 4) is 0 Å². The van der Waals surface area contributed by atoms with E-state index in [2.05, 4.69) is 78.8 Å². The Kier molecular flexibility index (Phi) is 44.0. The molecule has 12 nitrogen and oxygen atoms in total. The summed E-state index contributed by atoms with van der Waals surface area (Å²) < 4.78 is 59.4. The van der Waals surface area contributed by atoms with Gasteiger partial charge in [0.05, 0.1) is 19.8 Å². The number of aliphatic hydroxyl groups is 3. The third-order valence-electron chi connectivity index (χ3n) is 12.4. The van der Waals surface area contributed by atoms with Crippen molar-refractivity contribution in [2.45, 2.75) is 263 Å². The molecule has 69 heavy (non-hydrogen) atoms. The van der Waals surface area contributed by atoms with Gasteiger partial charge in [0.25, 0.3) is 0 Å². The average Bonchev–Trinajstić information content (AvgIpc) is 3.32. The van der Waals surface area contributed by atoms with Gasteiger partial charge in [0.2, 0.25) is 0 Å². The van der Waals surface area contributed by atoms with Crippen molar-refractivity contribution in [3.05, 3.63) is 60.8 Å². The van der Waals surface area contributed by atoms with Crippen molar-refractivity contribution < 1.29 is 56.2 Å². The van der Waals surface area contributed by atoms with Gasteiger partial charge in [-0.25, -0.2) is 4.18 Å². The van der Waals surface area contributed by atoms with E-state index in [0.29, 0.717) is 13.0 Å². The predicted octanol–water partition coefficient (Wildman–Crippen LogP) is 13.3. The van der Waals surface area contributed by atoms with E-state index in [1.807, 2.05) is 0 Å². The van der Waals surface area contributed by atoms with Crippen LogP contribution in [0.3, 0.4) is 0 Å². The van der Waals surface area contributed by atoms with E-state index in [9.17, 15) is 33.1 Å². The minimum absolute atomic E-state index is 0.0312. The zero-order valence-corrected chi connectivity index (χ0v) is 44.2. The van der Waals surface area contributed by atoms with Gasteiger partial charge in [-0.05, 0) is 77.0 Å². The first-order valence-corrected chi connectivity index (χ1v) is 28.9. The second-order valence-electron chi connectivity index (χ2n) is 18.8. The van der Waals surface area contributed by atoms with Crippen LogP contribution in [0.5, 0.6) is 0 Å². The minimum Gasteiger partial charge on any atom is -0.457 e. The summed E-state index contributed by atoms with van der Waals surface area (Å²) in [5, 5.41) is 30.8. The van der Waals surface area contributed by atoms with Crippen LogP contribution in [0, 0.1) is 0 Å². The van der Waals surface area contributed by atoms with E-state index in [1.54, 1.807) is 0 Å². The van der Waals surface area contributed by atoms with Crippen LogP contribution in [-0.4, -0.2) is 97.5 Å². The first kappa shape index (κ1) is 64.8. The molecule has 0 saturated carbocycles. The Morgan fingerprint density at radius 3 is 1.48 bits per heavy atom. The molecule has 1 heterocycles. The van der Waals surface area contributed by atoms with Gasteiger partial charge in [-0.1, -0.05) is 203 Å². The third kappa shape index (κ3) is 40.0. The normalized spacial score (nSPS) is 19.7. The number of unbranched alkanes of at least 4 members (excludes halogenated alkanes) is 25. The molecular formula is C56H100O12S. The highest BCUT2D eigenvalue weighted by molar-refractivity contribution is 7.80. The highest BCUT2D eigenvalue weighted by atomic mass is 32.3. The molecule has 0 bridgehead atoms. The van der Waals surface area contributed by atoms with Crippen molar-refractivity contribution in [2.24, 2.45) is 0 Å². The second-order valence-corrected chi connectivity index (χ2v) is 19.8. The van der Waals surface area contributed by atoms with E-state index in [0.717, 1.165) is 70.6 Å². The molecule has 0 aromatic carbocycles. The number of allylic oxidation sites excluding steroid dienone is 10. The molecule has 13 heteroatoms. The van der Waals surface area contributed by atoms with Crippen LogP contribution < -0.4 is 0 Å². The van der Waals surface area contributed by atoms with E-state index >= 15 is 0 Å². The van der Waals surface area contributed by atoms with Crippen molar-refractivity contribution >= 4 is 16.4 Å². The number of carbonyl (C=O) groups excluding carboxylic acids is 1. The summed E-state index contributed by atoms with van der Waals surface area (Å²) in [5.74, 6) is -0.404. The molecule has 0 spiro atoms. The summed E-state index contributed by atoms with van der Waals surface area (Å²) in [6.45, 7) is 3.89. The van der Waals surface area contributed by atoms with Crippen LogP contribution in [-0.2, 0) is 38.3 Å². The molecule has 1 fully saturated rings. The van der Waals surface area contributed by atoms with E-state index < -0.39 is 59.8 Å². The summed E-state index contributed by atoms with van der Waals surface area (Å²) in [6.07, 6.45) is 51.0. The Labute approximate surface area is 420 Å². The lowest BCUT2D eigenvalue weighted by molar-refractivity contribution is -0.301. The summed E-state index contributed by atoms with van der Waals surface area (Å²) in [6, 6.07) is 0. The van der Waals surface area contributed by atoms with Gasteiger partial charge in [-0.15, -0.1) is 0 Å². The Balaban J connectivity index is 2.33. The molecule has 4 N–H and O–H groups in total. The van der Waals surface area contributed by atoms with Crippen LogP contribution in [0.4, 0.5) is 0 Å². The lowest BCUT2D eigenvalue weighted by Crippen LogP contribution is -2.60. The fourth-order valence-electron chi connectivity index (χ4n) is 8.25. The van der Waals surface area contributed by atoms with Gasteiger partial charge in [0.15, 0.2) is 6.29 Å². The standard InChI is InChI=1S/C56H100O12S/c1-3-5-7-9-11-13-15-17-19-21-23-24-25-26-27-29-31-33-35-37-39-41-43-45-52(58)66-50(49-65-56-54(60)55(68-69(61,62)63)53(59)51(47-57)67-56)48-64-46-44-42-40-38-36-34-32-30-28-22-20-18-16-14-12-10-8-6-4-2/h5,7,11,13,17,19-20,22-24,50-51,53-57,59-60H,3-4,6,8-10,12,14-16,18,21,25-49H2,1-2H3,(H,61,62,63)/b7-5-,13-11-,19-17-,22-20-,24-23-. The zero-order chi connectivity index (χ0) is 50.3. The summed E-state index contributed by atoms with van der Waals surface area (Å²) >= 11 is 0. The van der Waals surface area contributed by atoms with Crippen molar-refractivity contribution in [2.75, 3.05) is 26.4 Å². The lowest BCUT2D eigenvalue weighted by atomic mass is 9.99. The summed E-state index contributed by atoms with van der Waals surface area (Å²) in [7, 11) is -5.07. The molecule has 0 aliphatic carbocycles. The van der Waals surface area contributed by atoms with Gasteiger partial charge in [-0.3, -0.25) is 9.35 Å². The summed E-state index contributed by atoms with van der Waals surface area (Å²) in [4.78, 5) is 12.9. The highest BCUT2D eigenvalue weighted by Gasteiger charge is 2.48. The smallest absolute Gasteiger partial charge is 0.397 e. The number of carbonyl (C=O) groups is 1. The molecule has 1 saturated heterocycles. The van der Waals surface area contributed by atoms with Crippen LogP contribution >= 0.6 is 0 Å². The molecule has 1 aliphatic rings. The minimum atomic E-state index is -5.07. The van der Waals surface area contributed by atoms with Crippen molar-refractivity contribution in [1.82, 2.24) is 0 Å². The second kappa shape index (κ2) is 46.8. The molecule has 1 aliphatic heterocycles. The first-order valence-electron chi connectivity index (χ1n) is 27.5. The average molecular weight is 997 g/mol. The Morgan fingerprint density at radius 2 is 1.00 bits per heavy atom. The van der Waals surface area contributed by atoms with Crippen LogP contribution in [0.15, 0.2) is 60.8 Å². The Morgan fingerprint density at radius 1 is 0.565 bits per heavy atom. The van der Waals surface area contributed by atoms with Crippen LogP contribution in [0.2, 0.25) is 0 Å². The third-order valence-corrected chi connectivity index (χ3v) is 12.8. The Bertz CT molecular complexity index is 1430. The fourth-order valence-corrected chi connectivity index (χ4v) is 8.76. The maximum atomic E-state index is 12.9. The van der Waals surface area contributed by atoms with Crippen LogP contribution in [0.1, 0.15) is 226 Å². The van der Waals surface area contributed by atoms with Crippen LogP contribution in [0.25, 0.3) is 0 Å². The molecule has 402 valence electrons. The van der Waals surface area contributed by atoms with Crippen molar-refractivity contribution in [3.63, 3.8) is 0 Å². The fraction of sp³-hybridized carbons (Fsp3) is 0.804. The zero-order valence-electron chi connectivity index (χ0n) is 43.4. The Hall–Kier alpha value is -2.20. The number of rotatable bonds is 48. The molecule has 0 aromatic rings. The number of aliphatic hydroxyl groups excluding tert-OH is 3. The van der Waals surface area contributed by atoms with E-state index in [1.165, 1.54) is 128 Å². The SMILES string of the molecule is CC/C=C\C/C=C\C/C=C\C/C=C\CCCCCCCCCCCCC(=O)OC(COCCCCCCCCCC/C=C\CCCCCCCCC)COC1OC(CO)C(O)C(OS(=O)(=O)O)C1O. The topological polar surface area (TPSA) is 178 Å². The highest BCUT2D eigenvalue weighted by Crippen LogP contribution is 2.26. The number of esters is 1. The molecule has 6 unspecified atom stereocenters. The molecule has 0 aromatic heterocycles. The monoisotopic (exact) mass is 997 g/mol. The van der Waals surface area contributed by atoms with E-state index in [-0.39, 0.29) is 19.6 Å². The number of hydrogen-bond acceptors (Lipinski definition) is 11. The maximum absolute atomic E-state index is 12.9. The summed E-state index contributed by atoms with van der Waals surface area (Å²) in [5.41, 5.74) is 0. The quantitative estimate of drug-likeness (QED) is 0.0197. The van der Waals surface area contributed by atoms with Gasteiger partial charge in [-0.2, -0.15) is 8.42 Å². The predicted molar refractivity (Wildman–Crippen MR) is 280 cm³/mol. The molecular weight excluding hydrogens is 897 g/mol. The largest absolute Gasteiger partial charge is 0.457 e. The molecule has 6 atom stereocenters. The molecule has 0 amide bonds. The van der Waals surface area contributed by atoms with Gasteiger partial charge >= 0.3 is 16.4 Å². The number of ether oxygens (including phenoxy) is 4. The lowest BCUT2D eigenvalue weighted by Gasteiger charge is -2.41. The van der Waals surface area contributed by atoms with Gasteiger partial charge in [0, 0.05) is 13.0 Å². The molecule has 0 radical (unpaired) electrons. The number of hydrogen-bond donors (Lipinski definition) is 4. The van der Waals surface area contributed by atoms with Gasteiger partial charge < -0.3 is 34.3 Å². The van der Waals surface area contributed by atoms with Crippen molar-refractivity contribution in [1.29, 1.82) is 0 Å². The van der Waals surface area contributed by atoms with E-state index in [4.69, 9.17) is 18.9 Å². The van der Waals surface area contributed by atoms with Gasteiger partial charge in [0.1, 0.15) is 30.5 Å². The maximum Gasteiger partial charge on any atom is 0.397 e. The molecule has 1 rings (SSSR count).